The Morgan fingerprint density at radius 3 is 2.21 bits per heavy atom. The summed E-state index contributed by atoms with van der Waals surface area (Å²) in [6.45, 7) is 0. The maximum Gasteiger partial charge on any atom is 0.411 e. The van der Waals surface area contributed by atoms with Crippen molar-refractivity contribution < 1.29 is 19.1 Å². The van der Waals surface area contributed by atoms with Crippen LogP contribution < -0.4 is 10.7 Å². The summed E-state index contributed by atoms with van der Waals surface area (Å²) in [5.41, 5.74) is 2.56. The van der Waals surface area contributed by atoms with E-state index < -0.39 is 29.4 Å². The van der Waals surface area contributed by atoms with Gasteiger partial charge in [0.05, 0.1) is 17.7 Å². The number of hydrazone groups is 1. The highest BCUT2D eigenvalue weighted by molar-refractivity contribution is 6.46. The Morgan fingerprint density at radius 2 is 1.72 bits per heavy atom. The number of nitrogens with zero attached hydrogens (tertiary/aromatic N) is 3. The summed E-state index contributed by atoms with van der Waals surface area (Å²) in [7, 11) is 0. The molecule has 2 aromatic carbocycles. The Kier molecular flexibility index (Phi) is 7.10. The number of halogens is 3. The van der Waals surface area contributed by atoms with E-state index in [1.165, 1.54) is 47.8 Å². The molecule has 0 spiro atoms. The Morgan fingerprint density at radius 1 is 1.14 bits per heavy atom. The van der Waals surface area contributed by atoms with E-state index in [1.807, 2.05) is 0 Å². The quantitative estimate of drug-likeness (QED) is 0.482. The van der Waals surface area contributed by atoms with Crippen LogP contribution in [0.1, 0.15) is 17.0 Å². The second kappa shape index (κ2) is 9.51. The average molecular weight is 434 g/mol. The van der Waals surface area contributed by atoms with E-state index >= 15 is 0 Å². The molecule has 29 heavy (non-hydrogen) atoms. The molecule has 2 aromatic rings. The van der Waals surface area contributed by atoms with Gasteiger partial charge in [-0.1, -0.05) is 35.3 Å². The number of imide groups is 1. The van der Waals surface area contributed by atoms with Crippen molar-refractivity contribution in [2.45, 2.75) is 5.92 Å². The van der Waals surface area contributed by atoms with Crippen LogP contribution in [0.2, 0.25) is 10.0 Å². The molecule has 0 saturated heterocycles. The molecule has 0 heterocycles. The molecule has 0 aliphatic rings. The van der Waals surface area contributed by atoms with E-state index in [0.717, 1.165) is 0 Å². The number of anilines is 1. The van der Waals surface area contributed by atoms with Crippen LogP contribution in [0.5, 0.6) is 0 Å². The lowest BCUT2D eigenvalue weighted by Crippen LogP contribution is -2.34. The molecule has 2 rings (SSSR count). The molecule has 3 N–H and O–H groups in total. The summed E-state index contributed by atoms with van der Waals surface area (Å²) in [5.74, 6) is -2.55. The number of nitriles is 2. The van der Waals surface area contributed by atoms with E-state index in [4.69, 9.17) is 33.6 Å². The summed E-state index contributed by atoms with van der Waals surface area (Å²) in [4.78, 5) is 22.0. The van der Waals surface area contributed by atoms with Gasteiger partial charge in [0.2, 0.25) is 5.71 Å². The predicted molar refractivity (Wildman–Crippen MR) is 103 cm³/mol. The number of benzene rings is 2. The van der Waals surface area contributed by atoms with Gasteiger partial charge < -0.3 is 5.11 Å². The van der Waals surface area contributed by atoms with Gasteiger partial charge in [-0.2, -0.15) is 15.6 Å². The molecule has 0 saturated carbocycles. The third kappa shape index (κ3) is 5.42. The maximum atomic E-state index is 13.1. The van der Waals surface area contributed by atoms with Crippen LogP contribution >= 0.6 is 23.2 Å². The van der Waals surface area contributed by atoms with Crippen LogP contribution in [-0.4, -0.2) is 22.8 Å². The van der Waals surface area contributed by atoms with E-state index in [-0.39, 0.29) is 21.3 Å². The normalized spacial score (nSPS) is 11.7. The van der Waals surface area contributed by atoms with Crippen LogP contribution in [-0.2, 0) is 4.79 Å². The Balaban J connectivity index is 2.33. The number of hydrogen-bond donors (Lipinski definition) is 3. The van der Waals surface area contributed by atoms with Gasteiger partial charge in [0, 0.05) is 15.6 Å². The van der Waals surface area contributed by atoms with Crippen molar-refractivity contribution in [3.05, 3.63) is 63.4 Å². The van der Waals surface area contributed by atoms with Gasteiger partial charge in [-0.15, -0.1) is 0 Å². The van der Waals surface area contributed by atoms with Gasteiger partial charge in [0.25, 0.3) is 5.91 Å². The molecule has 0 fully saturated rings. The summed E-state index contributed by atoms with van der Waals surface area (Å²) in [6.07, 6.45) is -1.64. The van der Waals surface area contributed by atoms with Gasteiger partial charge in [0.15, 0.2) is 0 Å². The fourth-order valence-electron chi connectivity index (χ4n) is 2.29. The highest BCUT2D eigenvalue weighted by atomic mass is 35.5. The first kappa shape index (κ1) is 21.6. The molecule has 146 valence electrons. The van der Waals surface area contributed by atoms with Crippen LogP contribution in [0.3, 0.4) is 0 Å². The monoisotopic (exact) mass is 433 g/mol. The minimum atomic E-state index is -1.64. The Hall–Kier alpha value is -3.66. The first-order chi connectivity index (χ1) is 13.8. The van der Waals surface area contributed by atoms with Gasteiger partial charge >= 0.3 is 6.09 Å². The number of carboxylic acid groups (broad SMARTS) is 1. The third-order valence-electron chi connectivity index (χ3n) is 3.54. The fourth-order valence-corrected chi connectivity index (χ4v) is 2.99. The van der Waals surface area contributed by atoms with Crippen molar-refractivity contribution in [2.24, 2.45) is 5.10 Å². The third-order valence-corrected chi connectivity index (χ3v) is 4.16. The standard InChI is InChI=1S/C18H10Cl2FN5O3/c19-13-5-11(25-26-15(8-23)17(27)24-18(28)29)6-14(20)16(13)12(7-22)9-1-3-10(21)4-2-9/h1-6,12,25H,(H,24,27)(H,28,29). The summed E-state index contributed by atoms with van der Waals surface area (Å²) in [5, 5.41) is 32.1. The van der Waals surface area contributed by atoms with Gasteiger partial charge in [0.1, 0.15) is 11.9 Å². The van der Waals surface area contributed by atoms with Crippen molar-refractivity contribution in [1.29, 1.82) is 10.5 Å². The van der Waals surface area contributed by atoms with Crippen molar-refractivity contribution in [1.82, 2.24) is 5.32 Å². The molecule has 11 heteroatoms. The zero-order valence-corrected chi connectivity index (χ0v) is 15.8. The number of nitrogens with one attached hydrogen (secondary N) is 2. The minimum Gasteiger partial charge on any atom is -0.465 e. The average Bonchev–Trinajstić information content (AvgIpc) is 2.65. The number of rotatable bonds is 5. The molecule has 1 atom stereocenters. The van der Waals surface area contributed by atoms with Gasteiger partial charge in [-0.3, -0.25) is 15.5 Å². The lowest BCUT2D eigenvalue weighted by atomic mass is 9.92. The van der Waals surface area contributed by atoms with E-state index in [9.17, 15) is 19.2 Å². The number of carbonyl (C=O) groups excluding carboxylic acids is 1. The Bertz CT molecular complexity index is 1050. The topological polar surface area (TPSA) is 138 Å². The summed E-state index contributed by atoms with van der Waals surface area (Å²) in [6, 6.07) is 11.5. The molecule has 0 bridgehead atoms. The predicted octanol–water partition coefficient (Wildman–Crippen LogP) is 3.87. The second-order valence-corrected chi connectivity index (χ2v) is 6.22. The van der Waals surface area contributed by atoms with Crippen LogP contribution in [0, 0.1) is 28.5 Å². The SMILES string of the molecule is N#CC(=NNc1cc(Cl)c(C(C#N)c2ccc(F)cc2)c(Cl)c1)C(=O)NC(=O)O. The lowest BCUT2D eigenvalue weighted by molar-refractivity contribution is -0.114. The number of amides is 2. The van der Waals surface area contributed by atoms with Gasteiger partial charge in [-0.25, -0.2) is 9.18 Å². The smallest absolute Gasteiger partial charge is 0.411 e. The number of hydrogen-bond acceptors (Lipinski definition) is 6. The number of carbonyl (C=O) groups is 2. The van der Waals surface area contributed by atoms with Crippen molar-refractivity contribution in [2.75, 3.05) is 5.43 Å². The highest BCUT2D eigenvalue weighted by Crippen LogP contribution is 2.37. The van der Waals surface area contributed by atoms with Crippen LogP contribution in [0.4, 0.5) is 14.9 Å². The lowest BCUT2D eigenvalue weighted by Gasteiger charge is -2.15. The summed E-state index contributed by atoms with van der Waals surface area (Å²) >= 11 is 12.5. The first-order valence-corrected chi connectivity index (χ1v) is 8.44. The fraction of sp³-hybridized carbons (Fsp3) is 0.0556. The minimum absolute atomic E-state index is 0.0829. The highest BCUT2D eigenvalue weighted by Gasteiger charge is 2.21. The molecule has 1 unspecified atom stereocenters. The van der Waals surface area contributed by atoms with E-state index in [0.29, 0.717) is 5.56 Å². The van der Waals surface area contributed by atoms with E-state index in [1.54, 1.807) is 0 Å². The largest absolute Gasteiger partial charge is 0.465 e. The van der Waals surface area contributed by atoms with Crippen molar-refractivity contribution in [3.8, 4) is 12.1 Å². The summed E-state index contributed by atoms with van der Waals surface area (Å²) < 4.78 is 13.1. The molecular weight excluding hydrogens is 424 g/mol. The molecule has 8 nitrogen and oxygen atoms in total. The van der Waals surface area contributed by atoms with Crippen LogP contribution in [0.25, 0.3) is 0 Å². The van der Waals surface area contributed by atoms with Gasteiger partial charge in [-0.05, 0) is 29.8 Å². The second-order valence-electron chi connectivity index (χ2n) is 5.41. The zero-order valence-electron chi connectivity index (χ0n) is 14.3. The van der Waals surface area contributed by atoms with E-state index in [2.05, 4.69) is 16.6 Å². The Labute approximate surface area is 173 Å². The molecule has 0 aromatic heterocycles. The van der Waals surface area contributed by atoms with Crippen molar-refractivity contribution >= 4 is 46.6 Å². The molecular formula is C18H10Cl2FN5O3. The maximum absolute atomic E-state index is 13.1. The van der Waals surface area contributed by atoms with Crippen LogP contribution in [0.15, 0.2) is 41.5 Å². The first-order valence-electron chi connectivity index (χ1n) is 7.69. The van der Waals surface area contributed by atoms with Crippen molar-refractivity contribution in [3.63, 3.8) is 0 Å². The molecule has 0 aliphatic heterocycles. The zero-order chi connectivity index (χ0) is 21.6. The molecule has 0 radical (unpaired) electrons. The molecule has 2 amide bonds. The molecule has 0 aliphatic carbocycles.